The lowest BCUT2D eigenvalue weighted by atomic mass is 10.5. The number of thioether (sulfide) groups is 1. The highest BCUT2D eigenvalue weighted by Crippen LogP contribution is 2.12. The van der Waals surface area contributed by atoms with Gasteiger partial charge in [0, 0.05) is 5.75 Å². The van der Waals surface area contributed by atoms with E-state index >= 15 is 0 Å². The van der Waals surface area contributed by atoms with Gasteiger partial charge in [0.25, 0.3) is 0 Å². The fourth-order valence-corrected chi connectivity index (χ4v) is 1.16. The zero-order chi connectivity index (χ0) is 7.28. The van der Waals surface area contributed by atoms with E-state index in [2.05, 4.69) is 13.8 Å². The van der Waals surface area contributed by atoms with E-state index in [1.165, 1.54) is 0 Å². The first-order valence-corrected chi connectivity index (χ1v) is 4.30. The maximum Gasteiger partial charge on any atom is 0.129 e. The van der Waals surface area contributed by atoms with Crippen molar-refractivity contribution in [3.8, 4) is 6.07 Å². The Bertz CT molecular complexity index is 108. The summed E-state index contributed by atoms with van der Waals surface area (Å²) in [7, 11) is 0. The van der Waals surface area contributed by atoms with Crippen LogP contribution < -0.4 is 0 Å². The minimum Gasteiger partial charge on any atom is -0.197 e. The Morgan fingerprint density at radius 2 is 2.22 bits per heavy atom. The van der Waals surface area contributed by atoms with E-state index in [0.29, 0.717) is 5.25 Å². The van der Waals surface area contributed by atoms with Gasteiger partial charge in [0.15, 0.2) is 0 Å². The van der Waals surface area contributed by atoms with Crippen molar-refractivity contribution in [2.75, 3.05) is 5.75 Å². The van der Waals surface area contributed by atoms with Gasteiger partial charge in [-0.05, 0) is 5.25 Å². The van der Waals surface area contributed by atoms with E-state index in [1.54, 1.807) is 11.8 Å². The van der Waals surface area contributed by atoms with Gasteiger partial charge < -0.3 is 0 Å². The summed E-state index contributed by atoms with van der Waals surface area (Å²) in [5.74, 6) is 0.732. The topological polar surface area (TPSA) is 23.8 Å². The van der Waals surface area contributed by atoms with Crippen LogP contribution in [0.4, 0.5) is 0 Å². The highest BCUT2D eigenvalue weighted by molar-refractivity contribution is 7.99. The molecule has 0 aromatic rings. The molecule has 0 aliphatic heterocycles. The van der Waals surface area contributed by atoms with Gasteiger partial charge in [-0.25, -0.2) is 0 Å². The summed E-state index contributed by atoms with van der Waals surface area (Å²) < 4.78 is 0. The summed E-state index contributed by atoms with van der Waals surface area (Å²) >= 11 is 7.24. The second-order valence-electron chi connectivity index (χ2n) is 1.98. The predicted octanol–water partition coefficient (Wildman–Crippen LogP) is 2.26. The molecule has 1 unspecified atom stereocenters. The van der Waals surface area contributed by atoms with E-state index in [-0.39, 0.29) is 5.38 Å². The van der Waals surface area contributed by atoms with Crippen LogP contribution in [0.5, 0.6) is 0 Å². The highest BCUT2D eigenvalue weighted by atomic mass is 35.5. The molecule has 52 valence electrons. The summed E-state index contributed by atoms with van der Waals surface area (Å²) in [6, 6.07) is 1.96. The fourth-order valence-electron chi connectivity index (χ4n) is 0.314. The molecule has 0 saturated heterocycles. The Kier molecular flexibility index (Phi) is 5.03. The Morgan fingerprint density at radius 1 is 1.67 bits per heavy atom. The van der Waals surface area contributed by atoms with E-state index in [9.17, 15) is 0 Å². The third kappa shape index (κ3) is 6.01. The first-order valence-electron chi connectivity index (χ1n) is 2.82. The molecule has 0 radical (unpaired) electrons. The molecule has 0 N–H and O–H groups in total. The Morgan fingerprint density at radius 3 is 2.56 bits per heavy atom. The summed E-state index contributed by atoms with van der Waals surface area (Å²) in [5, 5.41) is 8.50. The molecule has 0 rings (SSSR count). The molecule has 1 atom stereocenters. The minimum atomic E-state index is -0.322. The molecule has 3 heteroatoms. The van der Waals surface area contributed by atoms with Crippen LogP contribution in [0.1, 0.15) is 13.8 Å². The van der Waals surface area contributed by atoms with E-state index in [4.69, 9.17) is 16.9 Å². The number of hydrogen-bond acceptors (Lipinski definition) is 2. The van der Waals surface area contributed by atoms with Crippen LogP contribution in [0.3, 0.4) is 0 Å². The first-order chi connectivity index (χ1) is 4.16. The number of rotatable bonds is 3. The molecule has 9 heavy (non-hydrogen) atoms. The Labute approximate surface area is 65.4 Å². The van der Waals surface area contributed by atoms with Crippen molar-refractivity contribution >= 4 is 23.4 Å². The maximum absolute atomic E-state index is 8.25. The number of alkyl halides is 1. The first kappa shape index (κ1) is 9.13. The van der Waals surface area contributed by atoms with Gasteiger partial charge in [-0.3, -0.25) is 0 Å². The zero-order valence-electron chi connectivity index (χ0n) is 5.60. The smallest absolute Gasteiger partial charge is 0.129 e. The summed E-state index contributed by atoms with van der Waals surface area (Å²) in [4.78, 5) is 0. The van der Waals surface area contributed by atoms with Crippen LogP contribution >= 0.6 is 23.4 Å². The number of nitrogens with zero attached hydrogens (tertiary/aromatic N) is 1. The molecule has 0 spiro atoms. The van der Waals surface area contributed by atoms with Crippen LogP contribution in [0.15, 0.2) is 0 Å². The average Bonchev–Trinajstić information content (AvgIpc) is 1.83. The molecule has 0 heterocycles. The molecule has 0 fully saturated rings. The van der Waals surface area contributed by atoms with Crippen LogP contribution in [-0.4, -0.2) is 16.4 Å². The maximum atomic E-state index is 8.25. The van der Waals surface area contributed by atoms with Crippen LogP contribution in [-0.2, 0) is 0 Å². The van der Waals surface area contributed by atoms with Crippen molar-refractivity contribution in [1.29, 1.82) is 5.26 Å². The SMILES string of the molecule is CC(C)SCC(Cl)C#N. The summed E-state index contributed by atoms with van der Waals surface area (Å²) in [5.41, 5.74) is 0. The molecule has 0 aliphatic rings. The minimum absolute atomic E-state index is 0.322. The predicted molar refractivity (Wildman–Crippen MR) is 42.8 cm³/mol. The quantitative estimate of drug-likeness (QED) is 0.596. The lowest BCUT2D eigenvalue weighted by molar-refractivity contribution is 1.10. The molecule has 0 bridgehead atoms. The fraction of sp³-hybridized carbons (Fsp3) is 0.833. The second kappa shape index (κ2) is 4.96. The molecule has 0 amide bonds. The van der Waals surface area contributed by atoms with Gasteiger partial charge in [0.1, 0.15) is 5.38 Å². The lowest BCUT2D eigenvalue weighted by Crippen LogP contribution is -2.00. The molecule has 1 nitrogen and oxygen atoms in total. The summed E-state index contributed by atoms with van der Waals surface area (Å²) in [6.45, 7) is 4.18. The van der Waals surface area contributed by atoms with Crippen molar-refractivity contribution in [3.63, 3.8) is 0 Å². The van der Waals surface area contributed by atoms with Gasteiger partial charge >= 0.3 is 0 Å². The lowest BCUT2D eigenvalue weighted by Gasteiger charge is -2.02. The van der Waals surface area contributed by atoms with Gasteiger partial charge in [-0.2, -0.15) is 17.0 Å². The molecule has 0 saturated carbocycles. The average molecular weight is 164 g/mol. The van der Waals surface area contributed by atoms with Crippen molar-refractivity contribution in [3.05, 3.63) is 0 Å². The van der Waals surface area contributed by atoms with Crippen molar-refractivity contribution in [1.82, 2.24) is 0 Å². The molecule has 0 aromatic carbocycles. The van der Waals surface area contributed by atoms with Gasteiger partial charge in [-0.15, -0.1) is 11.6 Å². The monoisotopic (exact) mass is 163 g/mol. The van der Waals surface area contributed by atoms with Crippen LogP contribution in [0, 0.1) is 11.3 Å². The molecule has 0 aliphatic carbocycles. The van der Waals surface area contributed by atoms with Gasteiger partial charge in [-0.1, -0.05) is 13.8 Å². The number of hydrogen-bond donors (Lipinski definition) is 0. The second-order valence-corrected chi connectivity index (χ2v) is 4.12. The van der Waals surface area contributed by atoms with Crippen LogP contribution in [0.25, 0.3) is 0 Å². The number of nitriles is 1. The molecular weight excluding hydrogens is 154 g/mol. The third-order valence-electron chi connectivity index (χ3n) is 0.716. The third-order valence-corrected chi connectivity index (χ3v) is 2.34. The van der Waals surface area contributed by atoms with E-state index in [0.717, 1.165) is 5.75 Å². The Balaban J connectivity index is 3.19. The van der Waals surface area contributed by atoms with Gasteiger partial charge in [0.2, 0.25) is 0 Å². The largest absolute Gasteiger partial charge is 0.197 e. The van der Waals surface area contributed by atoms with E-state index in [1.807, 2.05) is 6.07 Å². The summed E-state index contributed by atoms with van der Waals surface area (Å²) in [6.07, 6.45) is 0. The standard InChI is InChI=1S/C6H10ClNS/c1-5(2)9-4-6(7)3-8/h5-6H,4H2,1-2H3. The number of halogens is 1. The van der Waals surface area contributed by atoms with Crippen molar-refractivity contribution in [2.45, 2.75) is 24.5 Å². The Hall–Kier alpha value is 0.130. The highest BCUT2D eigenvalue weighted by Gasteiger charge is 2.02. The van der Waals surface area contributed by atoms with Gasteiger partial charge in [0.05, 0.1) is 6.07 Å². The molecular formula is C6H10ClNS. The van der Waals surface area contributed by atoms with E-state index < -0.39 is 0 Å². The molecule has 0 aromatic heterocycles. The zero-order valence-corrected chi connectivity index (χ0v) is 7.17. The van der Waals surface area contributed by atoms with Crippen molar-refractivity contribution in [2.24, 2.45) is 0 Å². The van der Waals surface area contributed by atoms with Crippen LogP contribution in [0.2, 0.25) is 0 Å². The van der Waals surface area contributed by atoms with Crippen molar-refractivity contribution < 1.29 is 0 Å². The normalized spacial score (nSPS) is 13.2.